The number of hydrogen-bond acceptors (Lipinski definition) is 3. The van der Waals surface area contributed by atoms with Gasteiger partial charge in [0.05, 0.1) is 6.07 Å². The molecule has 1 aromatic rings. The van der Waals surface area contributed by atoms with Crippen LogP contribution in [0.15, 0.2) is 30.3 Å². The maximum absolute atomic E-state index is 12.2. The van der Waals surface area contributed by atoms with Crippen molar-refractivity contribution < 1.29 is 22.7 Å². The van der Waals surface area contributed by atoms with Crippen molar-refractivity contribution in [2.75, 3.05) is 0 Å². The second-order valence-electron chi connectivity index (χ2n) is 3.20. The number of benzene rings is 1. The van der Waals surface area contributed by atoms with Crippen LogP contribution in [0, 0.1) is 17.2 Å². The van der Waals surface area contributed by atoms with Crippen molar-refractivity contribution in [2.45, 2.75) is 12.8 Å². The molecule has 0 spiro atoms. The molecule has 1 rings (SSSR count). The molecule has 90 valence electrons. The van der Waals surface area contributed by atoms with Gasteiger partial charge in [-0.2, -0.15) is 18.4 Å². The standard InChI is InChI=1S/C11H8F3NO2/c12-11(13,14)9(6-15)10(16)17-7-8-4-2-1-3-5-8/h1-5,9H,7H2. The van der Waals surface area contributed by atoms with Gasteiger partial charge in [0, 0.05) is 0 Å². The quantitative estimate of drug-likeness (QED) is 0.766. The largest absolute Gasteiger partial charge is 0.460 e. The molecule has 0 N–H and O–H groups in total. The monoisotopic (exact) mass is 243 g/mol. The van der Waals surface area contributed by atoms with E-state index in [1.54, 1.807) is 30.3 Å². The van der Waals surface area contributed by atoms with Crippen molar-refractivity contribution in [3.05, 3.63) is 35.9 Å². The highest BCUT2D eigenvalue weighted by molar-refractivity contribution is 5.76. The van der Waals surface area contributed by atoms with Crippen LogP contribution in [0.4, 0.5) is 13.2 Å². The number of nitrogens with zero attached hydrogens (tertiary/aromatic N) is 1. The van der Waals surface area contributed by atoms with E-state index < -0.39 is 18.1 Å². The molecule has 1 aromatic carbocycles. The van der Waals surface area contributed by atoms with Crippen molar-refractivity contribution in [3.8, 4) is 6.07 Å². The van der Waals surface area contributed by atoms with Crippen LogP contribution in [0.2, 0.25) is 0 Å². The fourth-order valence-corrected chi connectivity index (χ4v) is 1.07. The lowest BCUT2D eigenvalue weighted by atomic mass is 10.1. The zero-order valence-electron chi connectivity index (χ0n) is 8.57. The zero-order chi connectivity index (χ0) is 12.9. The molecule has 0 saturated heterocycles. The van der Waals surface area contributed by atoms with Crippen molar-refractivity contribution in [1.29, 1.82) is 5.26 Å². The number of carbonyl (C=O) groups is 1. The van der Waals surface area contributed by atoms with E-state index in [9.17, 15) is 18.0 Å². The molecule has 0 aliphatic rings. The van der Waals surface area contributed by atoms with Crippen molar-refractivity contribution in [2.24, 2.45) is 5.92 Å². The number of nitriles is 1. The first-order chi connectivity index (χ1) is 7.95. The van der Waals surface area contributed by atoms with Crippen LogP contribution >= 0.6 is 0 Å². The van der Waals surface area contributed by atoms with E-state index in [1.807, 2.05) is 0 Å². The Bertz CT molecular complexity index is 423. The van der Waals surface area contributed by atoms with Gasteiger partial charge in [0.2, 0.25) is 5.92 Å². The van der Waals surface area contributed by atoms with E-state index in [1.165, 1.54) is 0 Å². The average Bonchev–Trinajstić information content (AvgIpc) is 2.27. The summed E-state index contributed by atoms with van der Waals surface area (Å²) in [6, 6.07) is 9.12. The van der Waals surface area contributed by atoms with E-state index in [-0.39, 0.29) is 6.61 Å². The van der Waals surface area contributed by atoms with Gasteiger partial charge in [-0.3, -0.25) is 4.79 Å². The fourth-order valence-electron chi connectivity index (χ4n) is 1.07. The van der Waals surface area contributed by atoms with Crippen molar-refractivity contribution in [1.82, 2.24) is 0 Å². The predicted molar refractivity (Wildman–Crippen MR) is 51.4 cm³/mol. The third-order valence-electron chi connectivity index (χ3n) is 1.92. The molecule has 0 bridgehead atoms. The maximum atomic E-state index is 12.2. The van der Waals surface area contributed by atoms with Gasteiger partial charge in [-0.25, -0.2) is 0 Å². The molecule has 0 heterocycles. The van der Waals surface area contributed by atoms with Crippen LogP contribution in [-0.2, 0) is 16.1 Å². The van der Waals surface area contributed by atoms with Crippen LogP contribution in [0.1, 0.15) is 5.56 Å². The summed E-state index contributed by atoms with van der Waals surface area (Å²) in [7, 11) is 0. The smallest absolute Gasteiger partial charge is 0.415 e. The minimum atomic E-state index is -4.90. The first-order valence-corrected chi connectivity index (χ1v) is 4.62. The molecule has 0 saturated carbocycles. The van der Waals surface area contributed by atoms with E-state index in [4.69, 9.17) is 5.26 Å². The molecular formula is C11H8F3NO2. The van der Waals surface area contributed by atoms with E-state index in [2.05, 4.69) is 4.74 Å². The summed E-state index contributed by atoms with van der Waals surface area (Å²) in [6.45, 7) is -0.284. The highest BCUT2D eigenvalue weighted by atomic mass is 19.4. The average molecular weight is 243 g/mol. The fraction of sp³-hybridized carbons (Fsp3) is 0.273. The van der Waals surface area contributed by atoms with Crippen LogP contribution in [0.25, 0.3) is 0 Å². The van der Waals surface area contributed by atoms with Gasteiger partial charge in [-0.1, -0.05) is 30.3 Å². The summed E-state index contributed by atoms with van der Waals surface area (Å²) in [4.78, 5) is 11.0. The molecule has 6 heteroatoms. The molecule has 0 fully saturated rings. The minimum Gasteiger partial charge on any atom is -0.460 e. The second-order valence-corrected chi connectivity index (χ2v) is 3.20. The molecule has 0 aliphatic carbocycles. The highest BCUT2D eigenvalue weighted by Crippen LogP contribution is 2.26. The summed E-state index contributed by atoms with van der Waals surface area (Å²) < 4.78 is 40.9. The molecule has 1 atom stereocenters. The Kier molecular flexibility index (Phi) is 4.10. The molecule has 0 aliphatic heterocycles. The number of carbonyl (C=O) groups excluding carboxylic acids is 1. The summed E-state index contributed by atoms with van der Waals surface area (Å²) in [6.07, 6.45) is -4.90. The lowest BCUT2D eigenvalue weighted by Gasteiger charge is -2.12. The van der Waals surface area contributed by atoms with Gasteiger partial charge < -0.3 is 4.74 Å². The molecule has 1 unspecified atom stereocenters. The summed E-state index contributed by atoms with van der Waals surface area (Å²) >= 11 is 0. The Morgan fingerprint density at radius 3 is 2.41 bits per heavy atom. The number of hydrogen-bond donors (Lipinski definition) is 0. The SMILES string of the molecule is N#CC(C(=O)OCc1ccccc1)C(F)(F)F. The summed E-state index contributed by atoms with van der Waals surface area (Å²) in [5.74, 6) is -4.31. The van der Waals surface area contributed by atoms with Gasteiger partial charge in [-0.15, -0.1) is 0 Å². The zero-order valence-corrected chi connectivity index (χ0v) is 8.57. The highest BCUT2D eigenvalue weighted by Gasteiger charge is 2.46. The maximum Gasteiger partial charge on any atom is 0.415 e. The van der Waals surface area contributed by atoms with E-state index in [0.717, 1.165) is 6.07 Å². The van der Waals surface area contributed by atoms with E-state index >= 15 is 0 Å². The normalized spacial score (nSPS) is 12.6. The first kappa shape index (κ1) is 13.0. The Morgan fingerprint density at radius 2 is 1.94 bits per heavy atom. The third-order valence-corrected chi connectivity index (χ3v) is 1.92. The Labute approximate surface area is 95.4 Å². The summed E-state index contributed by atoms with van der Waals surface area (Å²) in [5.41, 5.74) is 0.555. The summed E-state index contributed by atoms with van der Waals surface area (Å²) in [5, 5.41) is 8.26. The number of halogens is 3. The Hall–Kier alpha value is -2.03. The molecule has 3 nitrogen and oxygen atoms in total. The third kappa shape index (κ3) is 3.79. The lowest BCUT2D eigenvalue weighted by Crippen LogP contribution is -2.30. The number of rotatable bonds is 3. The second kappa shape index (κ2) is 5.34. The van der Waals surface area contributed by atoms with Crippen LogP contribution in [0.5, 0.6) is 0 Å². The van der Waals surface area contributed by atoms with Crippen LogP contribution < -0.4 is 0 Å². The first-order valence-electron chi connectivity index (χ1n) is 4.62. The predicted octanol–water partition coefficient (Wildman–Crippen LogP) is 2.43. The van der Waals surface area contributed by atoms with Gasteiger partial charge in [0.1, 0.15) is 6.61 Å². The minimum absolute atomic E-state index is 0.284. The van der Waals surface area contributed by atoms with Gasteiger partial charge in [0.25, 0.3) is 0 Å². The van der Waals surface area contributed by atoms with Gasteiger partial charge >= 0.3 is 12.1 Å². The topological polar surface area (TPSA) is 50.1 Å². The molecule has 0 aromatic heterocycles. The molecule has 17 heavy (non-hydrogen) atoms. The Balaban J connectivity index is 2.59. The van der Waals surface area contributed by atoms with E-state index in [0.29, 0.717) is 5.56 Å². The van der Waals surface area contributed by atoms with Crippen molar-refractivity contribution >= 4 is 5.97 Å². The van der Waals surface area contributed by atoms with Gasteiger partial charge in [-0.05, 0) is 5.56 Å². The molecule has 0 radical (unpaired) electrons. The number of esters is 1. The van der Waals surface area contributed by atoms with Crippen LogP contribution in [-0.4, -0.2) is 12.1 Å². The van der Waals surface area contributed by atoms with Crippen LogP contribution in [0.3, 0.4) is 0 Å². The van der Waals surface area contributed by atoms with Gasteiger partial charge in [0.15, 0.2) is 0 Å². The number of ether oxygens (including phenoxy) is 1. The molecule has 0 amide bonds. The Morgan fingerprint density at radius 1 is 1.35 bits per heavy atom. The lowest BCUT2D eigenvalue weighted by molar-refractivity contribution is -0.187. The number of alkyl halides is 3. The van der Waals surface area contributed by atoms with Crippen molar-refractivity contribution in [3.63, 3.8) is 0 Å². The molecular weight excluding hydrogens is 235 g/mol.